The molecule has 0 radical (unpaired) electrons. The third kappa shape index (κ3) is 5.49. The van der Waals surface area contributed by atoms with Gasteiger partial charge in [-0.15, -0.1) is 12.4 Å². The molecule has 7 heteroatoms. The molecule has 4 aliphatic rings. The van der Waals surface area contributed by atoms with Gasteiger partial charge in [0.15, 0.2) is 0 Å². The van der Waals surface area contributed by atoms with E-state index in [1.807, 2.05) is 13.8 Å². The average Bonchev–Trinajstić information content (AvgIpc) is 2.51. The number of likely N-dealkylation sites (N-methyl/N-ethyl adjacent to an activating group) is 1. The molecule has 0 unspecified atom stereocenters. The molecule has 26 heavy (non-hydrogen) atoms. The van der Waals surface area contributed by atoms with Crippen molar-refractivity contribution in [3.8, 4) is 0 Å². The molecule has 4 rings (SSSR count). The third-order valence-electron chi connectivity index (χ3n) is 6.21. The first-order chi connectivity index (χ1) is 12.0. The molecule has 6 nitrogen and oxygen atoms in total. The summed E-state index contributed by atoms with van der Waals surface area (Å²) in [7, 11) is 0. The number of carbonyl (C=O) groups excluding carboxylic acids is 2. The minimum Gasteiger partial charge on any atom is -0.354 e. The van der Waals surface area contributed by atoms with E-state index in [9.17, 15) is 9.59 Å². The first kappa shape index (κ1) is 21.3. The number of hydrogen-bond donors (Lipinski definition) is 4. The van der Waals surface area contributed by atoms with Gasteiger partial charge in [-0.2, -0.15) is 0 Å². The maximum absolute atomic E-state index is 12.3. The highest BCUT2D eigenvalue weighted by molar-refractivity contribution is 5.85. The second-order valence-corrected chi connectivity index (χ2v) is 8.59. The van der Waals surface area contributed by atoms with Crippen LogP contribution in [0.4, 0.5) is 4.79 Å². The van der Waals surface area contributed by atoms with Gasteiger partial charge in [0.2, 0.25) is 5.91 Å². The summed E-state index contributed by atoms with van der Waals surface area (Å²) in [5, 5.41) is 12.3. The van der Waals surface area contributed by atoms with Gasteiger partial charge in [-0.1, -0.05) is 6.92 Å². The number of hydrogen-bond acceptors (Lipinski definition) is 3. The molecule has 0 aromatic carbocycles. The average molecular weight is 387 g/mol. The zero-order chi connectivity index (χ0) is 17.9. The highest BCUT2D eigenvalue weighted by Gasteiger charge is 2.51. The fraction of sp³-hybridized carbons (Fsp3) is 0.895. The van der Waals surface area contributed by atoms with E-state index in [2.05, 4.69) is 21.3 Å². The van der Waals surface area contributed by atoms with Gasteiger partial charge in [-0.25, -0.2) is 4.79 Å². The van der Waals surface area contributed by atoms with Crippen LogP contribution in [0, 0.1) is 17.8 Å². The van der Waals surface area contributed by atoms with Crippen molar-refractivity contribution >= 4 is 24.3 Å². The summed E-state index contributed by atoms with van der Waals surface area (Å²) >= 11 is 0. The number of halogens is 1. The van der Waals surface area contributed by atoms with Crippen molar-refractivity contribution < 1.29 is 9.59 Å². The lowest BCUT2D eigenvalue weighted by atomic mass is 9.53. The first-order valence-corrected chi connectivity index (χ1v) is 10.0. The zero-order valence-corrected chi connectivity index (χ0v) is 16.9. The van der Waals surface area contributed by atoms with E-state index in [1.54, 1.807) is 0 Å². The smallest absolute Gasteiger partial charge is 0.315 e. The predicted octanol–water partition coefficient (Wildman–Crippen LogP) is 2.18. The number of amides is 3. The Morgan fingerprint density at radius 2 is 1.62 bits per heavy atom. The Morgan fingerprint density at radius 3 is 2.15 bits per heavy atom. The molecule has 0 spiro atoms. The van der Waals surface area contributed by atoms with Gasteiger partial charge >= 0.3 is 6.03 Å². The third-order valence-corrected chi connectivity index (χ3v) is 6.21. The predicted molar refractivity (Wildman–Crippen MR) is 105 cm³/mol. The molecule has 4 N–H and O–H groups in total. The molecule has 0 aromatic heterocycles. The summed E-state index contributed by atoms with van der Waals surface area (Å²) in [6.45, 7) is 5.99. The highest BCUT2D eigenvalue weighted by Crippen LogP contribution is 2.55. The van der Waals surface area contributed by atoms with Gasteiger partial charge in [-0.3, -0.25) is 4.79 Å². The molecule has 150 valence electrons. The van der Waals surface area contributed by atoms with Gasteiger partial charge in [0.1, 0.15) is 0 Å². The summed E-state index contributed by atoms with van der Waals surface area (Å²) in [5.41, 5.74) is 0.0301. The van der Waals surface area contributed by atoms with Crippen LogP contribution < -0.4 is 21.3 Å². The molecule has 0 aromatic rings. The van der Waals surface area contributed by atoms with Crippen molar-refractivity contribution in [2.75, 3.05) is 19.6 Å². The summed E-state index contributed by atoms with van der Waals surface area (Å²) in [5.74, 6) is 2.43. The summed E-state index contributed by atoms with van der Waals surface area (Å²) in [6, 6.07) is 0.164. The second-order valence-electron chi connectivity index (χ2n) is 8.59. The minimum absolute atomic E-state index is 0. The highest BCUT2D eigenvalue weighted by atomic mass is 35.5. The maximum Gasteiger partial charge on any atom is 0.315 e. The normalized spacial score (nSPS) is 32.5. The summed E-state index contributed by atoms with van der Waals surface area (Å²) in [6.07, 6.45) is 7.88. The molecule has 0 heterocycles. The number of urea groups is 1. The van der Waals surface area contributed by atoms with Crippen LogP contribution >= 0.6 is 12.4 Å². The Bertz CT molecular complexity index is 465. The molecular formula is C19H35ClN4O2. The van der Waals surface area contributed by atoms with Gasteiger partial charge in [0.25, 0.3) is 0 Å². The van der Waals surface area contributed by atoms with E-state index in [4.69, 9.17) is 0 Å². The fourth-order valence-electron chi connectivity index (χ4n) is 5.61. The Morgan fingerprint density at radius 1 is 1.04 bits per heavy atom. The second kappa shape index (κ2) is 9.27. The standard InChI is InChI=1S/C19H34N4O2.ClH/c1-3-20-13(2)12-22-17(24)4-5-21-18(25)23-19-9-14-6-15(10-19)8-16(7-14)11-19;/h13-16,20H,3-12H2,1-2H3,(H,22,24)(H2,21,23,25);1H/t13-,14?,15?,16?,19?;/m1./s1. The van der Waals surface area contributed by atoms with Crippen LogP contribution in [-0.2, 0) is 4.79 Å². The van der Waals surface area contributed by atoms with Crippen LogP contribution in [0.2, 0.25) is 0 Å². The van der Waals surface area contributed by atoms with Crippen molar-refractivity contribution in [1.82, 2.24) is 21.3 Å². The van der Waals surface area contributed by atoms with Crippen LogP contribution in [0.15, 0.2) is 0 Å². The molecule has 4 bridgehead atoms. The SMILES string of the molecule is CCN[C@H](C)CNC(=O)CCNC(=O)NC12CC3CC(CC(C3)C1)C2.Cl. The van der Waals surface area contributed by atoms with E-state index >= 15 is 0 Å². The lowest BCUT2D eigenvalue weighted by Crippen LogP contribution is -2.61. The van der Waals surface area contributed by atoms with Gasteiger partial charge in [0.05, 0.1) is 0 Å². The molecule has 4 fully saturated rings. The Kier molecular flexibility index (Phi) is 7.59. The Balaban J connectivity index is 0.00000243. The quantitative estimate of drug-likeness (QED) is 0.516. The molecule has 0 saturated heterocycles. The number of rotatable bonds is 8. The van der Waals surface area contributed by atoms with Gasteiger partial charge in [-0.05, 0) is 69.7 Å². The van der Waals surface area contributed by atoms with Gasteiger partial charge in [0, 0.05) is 31.1 Å². The zero-order valence-electron chi connectivity index (χ0n) is 16.1. The van der Waals surface area contributed by atoms with Crippen molar-refractivity contribution in [2.24, 2.45) is 17.8 Å². The van der Waals surface area contributed by atoms with E-state index in [0.717, 1.165) is 43.6 Å². The topological polar surface area (TPSA) is 82.3 Å². The van der Waals surface area contributed by atoms with Crippen LogP contribution in [0.1, 0.15) is 58.8 Å². The Labute approximate surface area is 163 Å². The van der Waals surface area contributed by atoms with Crippen LogP contribution in [0.25, 0.3) is 0 Å². The van der Waals surface area contributed by atoms with Crippen molar-refractivity contribution in [2.45, 2.75) is 70.4 Å². The summed E-state index contributed by atoms with van der Waals surface area (Å²) in [4.78, 5) is 24.1. The van der Waals surface area contributed by atoms with Crippen molar-refractivity contribution in [1.29, 1.82) is 0 Å². The van der Waals surface area contributed by atoms with Crippen LogP contribution in [0.3, 0.4) is 0 Å². The lowest BCUT2D eigenvalue weighted by molar-refractivity contribution is -0.121. The maximum atomic E-state index is 12.3. The number of nitrogens with one attached hydrogen (secondary N) is 4. The number of carbonyl (C=O) groups is 2. The van der Waals surface area contributed by atoms with Crippen molar-refractivity contribution in [3.63, 3.8) is 0 Å². The largest absolute Gasteiger partial charge is 0.354 e. The molecule has 1 atom stereocenters. The lowest BCUT2D eigenvalue weighted by Gasteiger charge is -2.56. The van der Waals surface area contributed by atoms with Crippen molar-refractivity contribution in [3.05, 3.63) is 0 Å². The minimum atomic E-state index is -0.101. The molecular weight excluding hydrogens is 352 g/mol. The van der Waals surface area contributed by atoms with E-state index < -0.39 is 0 Å². The van der Waals surface area contributed by atoms with Gasteiger partial charge < -0.3 is 21.3 Å². The van der Waals surface area contributed by atoms with Crippen LogP contribution in [-0.4, -0.2) is 43.2 Å². The molecule has 4 aliphatic carbocycles. The fourth-order valence-corrected chi connectivity index (χ4v) is 5.61. The molecule has 0 aliphatic heterocycles. The van der Waals surface area contributed by atoms with E-state index in [0.29, 0.717) is 19.5 Å². The molecule has 4 saturated carbocycles. The van der Waals surface area contributed by atoms with E-state index in [1.165, 1.54) is 19.3 Å². The first-order valence-electron chi connectivity index (χ1n) is 10.0. The summed E-state index contributed by atoms with van der Waals surface area (Å²) < 4.78 is 0. The Hall–Kier alpha value is -1.01. The van der Waals surface area contributed by atoms with E-state index in [-0.39, 0.29) is 35.9 Å². The molecule has 3 amide bonds. The monoisotopic (exact) mass is 386 g/mol. The van der Waals surface area contributed by atoms with Crippen LogP contribution in [0.5, 0.6) is 0 Å².